The monoisotopic (exact) mass is 502 g/mol. The van der Waals surface area contributed by atoms with E-state index in [4.69, 9.17) is 0 Å². The van der Waals surface area contributed by atoms with E-state index in [9.17, 15) is 26.9 Å². The summed E-state index contributed by atoms with van der Waals surface area (Å²) in [6.07, 6.45) is 0.881. The zero-order chi connectivity index (χ0) is 25.0. The highest BCUT2D eigenvalue weighted by Gasteiger charge is 2.44. The second-order valence-electron chi connectivity index (χ2n) is 9.65. The third kappa shape index (κ3) is 4.43. The van der Waals surface area contributed by atoms with Gasteiger partial charge >= 0.3 is 6.18 Å². The highest BCUT2D eigenvalue weighted by Crippen LogP contribution is 2.47. The van der Waals surface area contributed by atoms with Crippen LogP contribution in [0.25, 0.3) is 22.3 Å². The molecule has 184 valence electrons. The molecular formula is C25H25F3N4O2S. The largest absolute Gasteiger partial charge is 0.417 e. The van der Waals surface area contributed by atoms with Crippen LogP contribution in [0.5, 0.6) is 0 Å². The summed E-state index contributed by atoms with van der Waals surface area (Å²) >= 11 is 0. The molecule has 10 heteroatoms. The van der Waals surface area contributed by atoms with Crippen LogP contribution in [0.2, 0.25) is 0 Å². The number of halogens is 3. The molecule has 0 bridgehead atoms. The summed E-state index contributed by atoms with van der Waals surface area (Å²) < 4.78 is 70.9. The van der Waals surface area contributed by atoms with Crippen LogP contribution >= 0.6 is 0 Å². The zero-order valence-electron chi connectivity index (χ0n) is 19.1. The number of hydrogen-bond donors (Lipinski definition) is 1. The summed E-state index contributed by atoms with van der Waals surface area (Å²) in [5.74, 6) is 0. The van der Waals surface area contributed by atoms with Gasteiger partial charge in [-0.05, 0) is 56.4 Å². The smallest absolute Gasteiger partial charge is 0.331 e. The number of aromatic nitrogens is 2. The molecule has 1 atom stereocenters. The lowest BCUT2D eigenvalue weighted by Gasteiger charge is -2.27. The number of nitrogens with one attached hydrogen (secondary N) is 1. The number of fused-ring (bicyclic) bond motifs is 1. The molecule has 2 aliphatic carbocycles. The molecule has 0 spiro atoms. The van der Waals surface area contributed by atoms with Crippen molar-refractivity contribution in [2.24, 2.45) is 5.41 Å². The van der Waals surface area contributed by atoms with Crippen molar-refractivity contribution in [1.29, 1.82) is 5.26 Å². The molecule has 0 saturated heterocycles. The summed E-state index contributed by atoms with van der Waals surface area (Å²) in [5.41, 5.74) is -0.0513. The lowest BCUT2D eigenvalue weighted by Crippen LogP contribution is -2.39. The van der Waals surface area contributed by atoms with Gasteiger partial charge in [-0.1, -0.05) is 24.6 Å². The van der Waals surface area contributed by atoms with Crippen LogP contribution in [0, 0.1) is 16.7 Å². The Morgan fingerprint density at radius 3 is 2.54 bits per heavy atom. The van der Waals surface area contributed by atoms with E-state index >= 15 is 0 Å². The standard InChI is InChI=1S/C25H25F3N4O2S/c1-16(31-35(33,34)17-5-4-6-17)20-13-32(15-24(14-29)11-12-24)23-18(20)9-10-22(30-23)19-7-2-3-8-21(19)25(26,27)28/h2-3,7-10,13,16-17,31H,4-6,11-12,15H2,1H3. The minimum atomic E-state index is -4.53. The zero-order valence-corrected chi connectivity index (χ0v) is 20.0. The summed E-state index contributed by atoms with van der Waals surface area (Å²) in [7, 11) is -3.49. The highest BCUT2D eigenvalue weighted by atomic mass is 32.2. The van der Waals surface area contributed by atoms with Gasteiger partial charge in [-0.3, -0.25) is 0 Å². The highest BCUT2D eigenvalue weighted by molar-refractivity contribution is 7.90. The number of nitrogens with zero attached hydrogens (tertiary/aromatic N) is 3. The van der Waals surface area contributed by atoms with E-state index in [0.717, 1.165) is 25.3 Å². The van der Waals surface area contributed by atoms with Crippen LogP contribution in [0.3, 0.4) is 0 Å². The SMILES string of the molecule is CC(NS(=O)(=O)C1CCC1)c1cn(CC2(C#N)CC2)c2nc(-c3ccccc3C(F)(F)F)ccc12. The average Bonchev–Trinajstić information content (AvgIpc) is 3.45. The van der Waals surface area contributed by atoms with Crippen molar-refractivity contribution in [2.75, 3.05) is 0 Å². The molecule has 2 aromatic heterocycles. The predicted molar refractivity (Wildman–Crippen MR) is 126 cm³/mol. The molecule has 2 heterocycles. The van der Waals surface area contributed by atoms with Gasteiger partial charge in [-0.15, -0.1) is 0 Å². The van der Waals surface area contributed by atoms with Crippen LogP contribution in [0.15, 0.2) is 42.6 Å². The first kappa shape index (κ1) is 23.8. The number of benzene rings is 1. The van der Waals surface area contributed by atoms with Gasteiger partial charge in [-0.25, -0.2) is 18.1 Å². The number of alkyl halides is 3. The first-order valence-corrected chi connectivity index (χ1v) is 13.2. The Morgan fingerprint density at radius 2 is 1.94 bits per heavy atom. The van der Waals surface area contributed by atoms with Gasteiger partial charge in [0.25, 0.3) is 0 Å². The molecule has 0 amide bonds. The second-order valence-corrected chi connectivity index (χ2v) is 11.6. The number of sulfonamides is 1. The third-order valence-electron chi connectivity index (χ3n) is 7.12. The topological polar surface area (TPSA) is 87.8 Å². The number of nitriles is 1. The van der Waals surface area contributed by atoms with E-state index in [2.05, 4.69) is 15.8 Å². The minimum Gasteiger partial charge on any atom is -0.331 e. The Morgan fingerprint density at radius 1 is 1.23 bits per heavy atom. The molecule has 5 rings (SSSR count). The Labute approximate surface area is 201 Å². The van der Waals surface area contributed by atoms with Gasteiger partial charge in [0.05, 0.1) is 28.0 Å². The van der Waals surface area contributed by atoms with Crippen molar-refractivity contribution >= 4 is 21.1 Å². The molecule has 1 aromatic carbocycles. The lowest BCUT2D eigenvalue weighted by molar-refractivity contribution is -0.137. The molecule has 0 aliphatic heterocycles. The van der Waals surface area contributed by atoms with Gasteiger partial charge in [0.15, 0.2) is 0 Å². The van der Waals surface area contributed by atoms with Crippen LogP contribution < -0.4 is 4.72 Å². The van der Waals surface area contributed by atoms with Crippen LogP contribution in [0.1, 0.15) is 56.2 Å². The van der Waals surface area contributed by atoms with Gasteiger partial charge < -0.3 is 4.57 Å². The fourth-order valence-corrected chi connectivity index (χ4v) is 6.40. The van der Waals surface area contributed by atoms with Gasteiger partial charge in [0, 0.05) is 29.7 Å². The minimum absolute atomic E-state index is 0.0312. The van der Waals surface area contributed by atoms with Crippen molar-refractivity contribution < 1.29 is 21.6 Å². The summed E-state index contributed by atoms with van der Waals surface area (Å²) in [6.45, 7) is 2.10. The van der Waals surface area contributed by atoms with E-state index in [0.29, 0.717) is 36.0 Å². The Bertz CT molecular complexity index is 1430. The van der Waals surface area contributed by atoms with Crippen molar-refractivity contribution in [3.8, 4) is 17.3 Å². The first-order chi connectivity index (χ1) is 16.5. The Hall–Kier alpha value is -2.90. The fraction of sp³-hybridized carbons (Fsp3) is 0.440. The van der Waals surface area contributed by atoms with Crippen molar-refractivity contribution in [3.05, 3.63) is 53.7 Å². The van der Waals surface area contributed by atoms with Crippen LogP contribution in [-0.2, 0) is 22.7 Å². The average molecular weight is 503 g/mol. The lowest BCUT2D eigenvalue weighted by atomic mass is 10.0. The Kier molecular flexibility index (Phi) is 5.68. The number of rotatable bonds is 7. The molecule has 3 aromatic rings. The molecule has 2 saturated carbocycles. The maximum absolute atomic E-state index is 13.6. The maximum atomic E-state index is 13.6. The quantitative estimate of drug-likeness (QED) is 0.458. The summed E-state index contributed by atoms with van der Waals surface area (Å²) in [4.78, 5) is 4.60. The molecule has 1 unspecified atom stereocenters. The van der Waals surface area contributed by atoms with Crippen LogP contribution in [0.4, 0.5) is 13.2 Å². The van der Waals surface area contributed by atoms with E-state index in [1.54, 1.807) is 23.8 Å². The van der Waals surface area contributed by atoms with Crippen molar-refractivity contribution in [1.82, 2.24) is 14.3 Å². The molecule has 2 fully saturated rings. The molecule has 1 N–H and O–H groups in total. The summed E-state index contributed by atoms with van der Waals surface area (Å²) in [5, 5.41) is 9.87. The Balaban J connectivity index is 1.60. The van der Waals surface area contributed by atoms with Crippen molar-refractivity contribution in [2.45, 2.75) is 63.0 Å². The predicted octanol–water partition coefficient (Wildman–Crippen LogP) is 5.56. The van der Waals surface area contributed by atoms with Gasteiger partial charge in [0.1, 0.15) is 5.65 Å². The molecule has 0 radical (unpaired) electrons. The van der Waals surface area contributed by atoms with Crippen LogP contribution in [-0.4, -0.2) is 23.2 Å². The normalized spacial score (nSPS) is 18.7. The fourth-order valence-electron chi connectivity index (χ4n) is 4.63. The third-order valence-corrected chi connectivity index (χ3v) is 9.15. The molecule has 35 heavy (non-hydrogen) atoms. The number of hydrogen-bond acceptors (Lipinski definition) is 4. The second kappa shape index (κ2) is 8.35. The van der Waals surface area contributed by atoms with Gasteiger partial charge in [0.2, 0.25) is 10.0 Å². The summed E-state index contributed by atoms with van der Waals surface area (Å²) in [6, 6.07) is 10.3. The maximum Gasteiger partial charge on any atom is 0.417 e. The van der Waals surface area contributed by atoms with E-state index in [1.165, 1.54) is 24.3 Å². The van der Waals surface area contributed by atoms with Crippen molar-refractivity contribution in [3.63, 3.8) is 0 Å². The first-order valence-electron chi connectivity index (χ1n) is 11.6. The van der Waals surface area contributed by atoms with E-state index in [1.807, 2.05) is 0 Å². The van der Waals surface area contributed by atoms with E-state index in [-0.39, 0.29) is 11.3 Å². The van der Waals surface area contributed by atoms with Gasteiger partial charge in [-0.2, -0.15) is 18.4 Å². The molecule has 2 aliphatic rings. The number of pyridine rings is 1. The molecular weight excluding hydrogens is 477 g/mol. The van der Waals surface area contributed by atoms with E-state index < -0.39 is 38.5 Å². The molecule has 6 nitrogen and oxygen atoms in total.